The Morgan fingerprint density at radius 3 is 2.43 bits per heavy atom. The van der Waals surface area contributed by atoms with Crippen molar-refractivity contribution in [3.05, 3.63) is 112 Å². The molecular weight excluding hydrogens is 652 g/mol. The number of morpholine rings is 1. The van der Waals surface area contributed by atoms with E-state index in [1.165, 1.54) is 18.2 Å². The van der Waals surface area contributed by atoms with E-state index >= 15 is 0 Å². The summed E-state index contributed by atoms with van der Waals surface area (Å²) in [6.07, 6.45) is 2.90. The second-order valence-corrected chi connectivity index (χ2v) is 15.3. The minimum Gasteiger partial charge on any atom is -0.358 e. The molecule has 2 N–H and O–H groups in total. The van der Waals surface area contributed by atoms with Gasteiger partial charge in [0.1, 0.15) is 18.0 Å². The first-order valence-electron chi connectivity index (χ1n) is 15.2. The molecule has 0 spiro atoms. The monoisotopic (exact) mass is 683 g/mol. The molecule has 0 unspecified atom stereocenters. The van der Waals surface area contributed by atoms with Crippen LogP contribution in [0.1, 0.15) is 61.1 Å². The van der Waals surface area contributed by atoms with Crippen LogP contribution in [0.2, 0.25) is 10.0 Å². The van der Waals surface area contributed by atoms with Gasteiger partial charge in [-0.25, -0.2) is 12.8 Å². The van der Waals surface area contributed by atoms with Crippen molar-refractivity contribution in [3.63, 3.8) is 0 Å². The number of rotatable bonds is 11. The molecule has 1 saturated heterocycles. The maximum absolute atomic E-state index is 14.7. The smallest absolute Gasteiger partial charge is 0.253 e. The van der Waals surface area contributed by atoms with Crippen molar-refractivity contribution in [2.45, 2.75) is 67.6 Å². The molecule has 4 aromatic rings. The van der Waals surface area contributed by atoms with E-state index in [0.717, 1.165) is 24.0 Å². The van der Waals surface area contributed by atoms with E-state index in [1.54, 1.807) is 30.5 Å². The summed E-state index contributed by atoms with van der Waals surface area (Å²) in [7, 11) is -4.01. The average Bonchev–Trinajstić information content (AvgIpc) is 3.97. The van der Waals surface area contributed by atoms with Crippen LogP contribution in [-0.2, 0) is 26.0 Å². The Bertz CT molecular complexity index is 1830. The number of amides is 1. The lowest BCUT2D eigenvalue weighted by atomic mass is 9.88. The molecule has 13 heteroatoms. The highest BCUT2D eigenvalue weighted by molar-refractivity contribution is 7.94. The third kappa shape index (κ3) is 6.13. The van der Waals surface area contributed by atoms with Crippen LogP contribution in [-0.4, -0.2) is 51.5 Å². The van der Waals surface area contributed by atoms with Crippen LogP contribution in [0.3, 0.4) is 0 Å². The first kappa shape index (κ1) is 31.1. The number of sulfonamides is 1. The average molecular weight is 685 g/mol. The molecule has 9 nitrogen and oxygen atoms in total. The summed E-state index contributed by atoms with van der Waals surface area (Å²) in [4.78, 5) is 16.5. The molecule has 3 fully saturated rings. The predicted molar refractivity (Wildman–Crippen MR) is 172 cm³/mol. The van der Waals surface area contributed by atoms with E-state index in [0.29, 0.717) is 28.6 Å². The molecule has 240 valence electrons. The van der Waals surface area contributed by atoms with Gasteiger partial charge in [-0.3, -0.25) is 9.52 Å². The van der Waals surface area contributed by atoms with Crippen LogP contribution in [0, 0.1) is 11.7 Å². The van der Waals surface area contributed by atoms with Crippen molar-refractivity contribution >= 4 is 44.8 Å². The molecule has 3 aromatic carbocycles. The molecular formula is C33H32Cl2FN5O4S. The molecule has 1 aliphatic heterocycles. The number of anilines is 1. The van der Waals surface area contributed by atoms with Crippen LogP contribution < -0.4 is 4.72 Å². The Morgan fingerprint density at radius 2 is 1.78 bits per heavy atom. The maximum Gasteiger partial charge on any atom is 0.253 e. The summed E-state index contributed by atoms with van der Waals surface area (Å²) in [5.74, 6) is -0.814. The fourth-order valence-electron chi connectivity index (χ4n) is 6.59. The van der Waals surface area contributed by atoms with Crippen molar-refractivity contribution in [2.75, 3.05) is 4.72 Å². The fraction of sp³-hybridized carbons (Fsp3) is 0.364. The Hall–Kier alpha value is -3.51. The van der Waals surface area contributed by atoms with Gasteiger partial charge in [-0.2, -0.15) is 15.4 Å². The first-order valence-corrected chi connectivity index (χ1v) is 17.5. The van der Waals surface area contributed by atoms with Gasteiger partial charge in [-0.05, 0) is 85.5 Å². The highest BCUT2D eigenvalue weighted by Gasteiger charge is 2.60. The van der Waals surface area contributed by atoms with Gasteiger partial charge in [-0.1, -0.05) is 59.6 Å². The van der Waals surface area contributed by atoms with Gasteiger partial charge in [0.2, 0.25) is 10.0 Å². The number of H-pyrrole nitrogens is 1. The number of nitrogens with one attached hydrogen (secondary N) is 2. The first-order chi connectivity index (χ1) is 22.1. The summed E-state index contributed by atoms with van der Waals surface area (Å²) in [6.45, 7) is 0. The van der Waals surface area contributed by atoms with Crippen LogP contribution in [0.5, 0.6) is 0 Å². The third-order valence-corrected chi connectivity index (χ3v) is 12.0. The van der Waals surface area contributed by atoms with Gasteiger partial charge >= 0.3 is 0 Å². The Balaban J connectivity index is 1.31. The van der Waals surface area contributed by atoms with Crippen LogP contribution >= 0.6 is 23.2 Å². The number of halogens is 3. The van der Waals surface area contributed by atoms with E-state index in [4.69, 9.17) is 27.9 Å². The quantitative estimate of drug-likeness (QED) is 0.183. The predicted octanol–water partition coefficient (Wildman–Crippen LogP) is 6.65. The van der Waals surface area contributed by atoms with Crippen molar-refractivity contribution in [1.82, 2.24) is 20.3 Å². The molecule has 1 aromatic heterocycles. The molecule has 46 heavy (non-hydrogen) atoms. The van der Waals surface area contributed by atoms with Crippen LogP contribution in [0.15, 0.2) is 79.0 Å². The van der Waals surface area contributed by atoms with E-state index in [1.807, 2.05) is 35.2 Å². The van der Waals surface area contributed by atoms with Crippen molar-refractivity contribution in [1.29, 1.82) is 0 Å². The van der Waals surface area contributed by atoms with E-state index in [-0.39, 0.29) is 30.4 Å². The largest absolute Gasteiger partial charge is 0.358 e. The van der Waals surface area contributed by atoms with Gasteiger partial charge < -0.3 is 9.64 Å². The number of para-hydroxylation sites is 1. The third-order valence-electron chi connectivity index (χ3n) is 9.28. The molecule has 1 amide bonds. The summed E-state index contributed by atoms with van der Waals surface area (Å²) < 4.78 is 50.4. The Labute approximate surface area is 276 Å². The zero-order valence-electron chi connectivity index (χ0n) is 24.7. The topological polar surface area (TPSA) is 117 Å². The summed E-state index contributed by atoms with van der Waals surface area (Å²) >= 11 is 12.8. The lowest BCUT2D eigenvalue weighted by Gasteiger charge is -2.49. The van der Waals surface area contributed by atoms with Gasteiger partial charge in [0.15, 0.2) is 0 Å². The maximum atomic E-state index is 14.7. The number of benzene rings is 3. The summed E-state index contributed by atoms with van der Waals surface area (Å²) in [5.41, 5.74) is 2.04. The summed E-state index contributed by atoms with van der Waals surface area (Å²) in [5, 5.41) is 11.7. The lowest BCUT2D eigenvalue weighted by molar-refractivity contribution is -0.180. The number of nitrogens with zero attached hydrogens (tertiary/aromatic N) is 3. The molecule has 2 aliphatic carbocycles. The second kappa shape index (κ2) is 12.3. The number of ether oxygens (including phenoxy) is 1. The van der Waals surface area contributed by atoms with Crippen molar-refractivity contribution in [2.24, 2.45) is 5.92 Å². The minimum absolute atomic E-state index is 0.0886. The molecule has 0 bridgehead atoms. The SMILES string of the molecule is O=C1[C@@H](Cc2cn[nH]n2)O[C@H](c2cccc(Cl)c2)[C@@H](c2ccc(Cl)cc2)N1[C@@H](CC1(S(=O)(=O)Nc2ccccc2F)CC1)C1CC1. The summed E-state index contributed by atoms with van der Waals surface area (Å²) in [6, 6.07) is 19.3. The number of aromatic amines is 1. The Kier molecular flexibility index (Phi) is 8.29. The highest BCUT2D eigenvalue weighted by atomic mass is 35.5. The van der Waals surface area contributed by atoms with Crippen molar-refractivity contribution in [3.8, 4) is 0 Å². The number of carbonyl (C=O) groups is 1. The second-order valence-electron chi connectivity index (χ2n) is 12.4. The standard InChI is InChI=1S/C33H32Cl2FN5O4S/c34-23-12-10-21(11-13-23)30-31(22-4-3-5-24(35)16-22)45-29(17-25-19-37-40-38-25)32(42)41(30)28(20-8-9-20)18-33(14-15-33)46(43,44)39-27-7-2-1-6-26(27)36/h1-7,10-13,16,19-20,28-31,39H,8-9,14-15,17-18H2,(H,37,38,40)/t28-,29+,30+,31+/m0/s1. The van der Waals surface area contributed by atoms with Gasteiger partial charge in [0.05, 0.1) is 28.4 Å². The van der Waals surface area contributed by atoms with Crippen LogP contribution in [0.25, 0.3) is 0 Å². The fourth-order valence-corrected chi connectivity index (χ4v) is 8.62. The molecule has 4 atom stereocenters. The van der Waals surface area contributed by atoms with E-state index in [2.05, 4.69) is 20.1 Å². The Morgan fingerprint density at radius 1 is 1.02 bits per heavy atom. The zero-order chi connectivity index (χ0) is 32.1. The van der Waals surface area contributed by atoms with Gasteiger partial charge in [-0.15, -0.1) is 0 Å². The van der Waals surface area contributed by atoms with E-state index < -0.39 is 44.9 Å². The molecule has 2 saturated carbocycles. The minimum atomic E-state index is -4.01. The van der Waals surface area contributed by atoms with E-state index in [9.17, 15) is 17.6 Å². The zero-order valence-corrected chi connectivity index (χ0v) is 27.0. The highest BCUT2D eigenvalue weighted by Crippen LogP contribution is 2.55. The molecule has 3 aliphatic rings. The number of carbonyl (C=O) groups excluding carboxylic acids is 1. The number of aromatic nitrogens is 3. The molecule has 0 radical (unpaired) electrons. The van der Waals surface area contributed by atoms with Gasteiger partial charge in [0, 0.05) is 22.5 Å². The molecule has 7 rings (SSSR count). The van der Waals surface area contributed by atoms with Crippen molar-refractivity contribution < 1.29 is 22.3 Å². The number of hydrogen-bond acceptors (Lipinski definition) is 6. The number of hydrogen-bond donors (Lipinski definition) is 2. The normalized spacial score (nSPS) is 23.2. The lowest BCUT2D eigenvalue weighted by Crippen LogP contribution is -2.57. The van der Waals surface area contributed by atoms with Gasteiger partial charge in [0.25, 0.3) is 5.91 Å². The molecule has 2 heterocycles. The van der Waals surface area contributed by atoms with Crippen LogP contribution in [0.4, 0.5) is 10.1 Å².